The first kappa shape index (κ1) is 6.60. The van der Waals surface area contributed by atoms with Crippen LogP contribution >= 0.6 is 0 Å². The van der Waals surface area contributed by atoms with Gasteiger partial charge >= 0.3 is 62.8 Å². The van der Waals surface area contributed by atoms with E-state index >= 15 is 0 Å². The molecule has 1 aromatic heterocycles. The van der Waals surface area contributed by atoms with E-state index in [-0.39, 0.29) is 27.2 Å². The minimum absolute atomic E-state index is 0.0392. The van der Waals surface area contributed by atoms with Crippen LogP contribution < -0.4 is 27.2 Å². The maximum atomic E-state index is 10.7. The molecule has 1 aromatic rings. The number of halogens is 1. The summed E-state index contributed by atoms with van der Waals surface area (Å²) in [5.41, 5.74) is -0.0392. The third kappa shape index (κ3) is 1.44. The number of hydrogen-bond donors (Lipinski definition) is 1. The average Bonchev–Trinajstić information content (AvgIpc) is 2.18. The molecule has 4 heteroatoms. The van der Waals surface area contributed by atoms with Crippen molar-refractivity contribution >= 4 is 0 Å². The molecule has 3 nitrogen and oxygen atoms in total. The van der Waals surface area contributed by atoms with Crippen molar-refractivity contribution < 1.29 is 21.5 Å². The maximum absolute atomic E-state index is 10.7. The Bertz CT molecular complexity index is 249. The summed E-state index contributed by atoms with van der Waals surface area (Å²) in [6, 6.07) is 0. The number of nitrogens with zero attached hydrogens (tertiary/aromatic N) is 1. The van der Waals surface area contributed by atoms with E-state index in [1.807, 2.05) is 0 Å². The van der Waals surface area contributed by atoms with Gasteiger partial charge in [0, 0.05) is 0 Å². The van der Waals surface area contributed by atoms with E-state index < -0.39 is 0 Å². The quantitative estimate of drug-likeness (QED) is 0.553. The number of nitrogens with one attached hydrogen (secondary N) is 1. The fourth-order valence-electron chi connectivity index (χ4n) is 0.455. The molecule has 0 bridgehead atoms. The Balaban J connectivity index is 2.93. The second-order valence-corrected chi connectivity index (χ2v) is 3.81. The predicted molar refractivity (Wildman–Crippen MR) is 30.6 cm³/mol. The zero-order valence-electron chi connectivity index (χ0n) is 4.67. The summed E-state index contributed by atoms with van der Waals surface area (Å²) in [5, 5.41) is 0. The van der Waals surface area contributed by atoms with E-state index in [4.69, 9.17) is 0 Å². The Morgan fingerprint density at radius 3 is 3.11 bits per heavy atom. The summed E-state index contributed by atoms with van der Waals surface area (Å²) >= 11 is -0.317. The van der Waals surface area contributed by atoms with Gasteiger partial charge in [0.05, 0.1) is 0 Å². The number of hydrogen-bond acceptors (Lipinski definition) is 1. The summed E-state index contributed by atoms with van der Waals surface area (Å²) in [7, 11) is 0. The van der Waals surface area contributed by atoms with Gasteiger partial charge in [-0.3, -0.25) is 0 Å². The molecule has 0 fully saturated rings. The molecule has 0 unspecified atom stereocenters. The Morgan fingerprint density at radius 2 is 2.67 bits per heavy atom. The first-order valence-electron chi connectivity index (χ1n) is 2.35. The summed E-state index contributed by atoms with van der Waals surface area (Å²) in [6.45, 7) is 3.55. The predicted octanol–water partition coefficient (Wildman–Crippen LogP) is -2.83. The van der Waals surface area contributed by atoms with Crippen molar-refractivity contribution in [2.75, 3.05) is 0 Å². The molecule has 0 saturated carbocycles. The van der Waals surface area contributed by atoms with Gasteiger partial charge in [-0.15, -0.1) is 0 Å². The molecule has 0 aliphatic heterocycles. The fraction of sp³-hybridized carbons (Fsp3) is 0. The standard InChI is InChI=1S/C5H6IN2O/c1-2-6-8-4-3-7-5(8)9/h2-4H,1H2,(H,7,9)/q-1. The molecule has 0 radical (unpaired) electrons. The Hall–Kier alpha value is -0.520. The molecule has 9 heavy (non-hydrogen) atoms. The van der Waals surface area contributed by atoms with E-state index in [1.165, 1.54) is 0 Å². The van der Waals surface area contributed by atoms with Gasteiger partial charge in [0.1, 0.15) is 0 Å². The van der Waals surface area contributed by atoms with Crippen molar-refractivity contribution in [2.45, 2.75) is 0 Å². The summed E-state index contributed by atoms with van der Waals surface area (Å²) in [5.74, 6) is 0. The van der Waals surface area contributed by atoms with E-state index in [9.17, 15) is 4.79 Å². The molecule has 0 spiro atoms. The second kappa shape index (κ2) is 2.86. The summed E-state index contributed by atoms with van der Waals surface area (Å²) in [6.07, 6.45) is 3.36. The average molecular weight is 237 g/mol. The van der Waals surface area contributed by atoms with E-state index in [1.54, 1.807) is 19.3 Å². The zero-order chi connectivity index (χ0) is 6.69. The van der Waals surface area contributed by atoms with Crippen molar-refractivity contribution in [2.24, 2.45) is 0 Å². The molecule has 1 heterocycles. The summed E-state index contributed by atoms with van der Waals surface area (Å²) in [4.78, 5) is 13.2. The van der Waals surface area contributed by atoms with E-state index in [0.717, 1.165) is 0 Å². The first-order chi connectivity index (χ1) is 4.34. The number of rotatable bonds is 2. The molecular formula is C5H6IN2O-. The van der Waals surface area contributed by atoms with Crippen LogP contribution in [0.2, 0.25) is 0 Å². The molecule has 1 N–H and O–H groups in total. The van der Waals surface area contributed by atoms with Crippen molar-refractivity contribution in [3.8, 4) is 0 Å². The first-order valence-corrected chi connectivity index (χ1v) is 4.56. The molecule has 0 atom stereocenters. The monoisotopic (exact) mass is 237 g/mol. The molecule has 0 aliphatic carbocycles. The normalized spacial score (nSPS) is 9.78. The summed E-state index contributed by atoms with van der Waals surface area (Å²) < 4.78 is 3.43. The van der Waals surface area contributed by atoms with Crippen molar-refractivity contribution in [3.63, 3.8) is 0 Å². The minimum atomic E-state index is -0.317. The Morgan fingerprint density at radius 1 is 1.89 bits per heavy atom. The fourth-order valence-corrected chi connectivity index (χ4v) is 1.62. The third-order valence-corrected chi connectivity index (χ3v) is 2.53. The van der Waals surface area contributed by atoms with Crippen molar-refractivity contribution in [3.05, 3.63) is 33.5 Å². The molecular weight excluding hydrogens is 231 g/mol. The van der Waals surface area contributed by atoms with Gasteiger partial charge in [0.2, 0.25) is 0 Å². The molecule has 0 aliphatic rings. The van der Waals surface area contributed by atoms with Gasteiger partial charge < -0.3 is 0 Å². The van der Waals surface area contributed by atoms with E-state index in [2.05, 4.69) is 11.6 Å². The molecule has 0 amide bonds. The number of aromatic nitrogens is 2. The molecule has 0 saturated heterocycles. The van der Waals surface area contributed by atoms with Crippen molar-refractivity contribution in [1.29, 1.82) is 0 Å². The Labute approximate surface area is 63.0 Å². The third-order valence-electron chi connectivity index (χ3n) is 0.780. The number of imidazole rings is 1. The van der Waals surface area contributed by atoms with Gasteiger partial charge in [0.25, 0.3) is 0 Å². The van der Waals surface area contributed by atoms with Crippen LogP contribution in [0.5, 0.6) is 0 Å². The zero-order valence-corrected chi connectivity index (χ0v) is 6.83. The second-order valence-electron chi connectivity index (χ2n) is 1.33. The van der Waals surface area contributed by atoms with Crippen LogP contribution in [0.1, 0.15) is 0 Å². The SMILES string of the molecule is C=C[I-]n1cc[nH]c1=O. The van der Waals surface area contributed by atoms with Crippen LogP contribution in [0.3, 0.4) is 0 Å². The van der Waals surface area contributed by atoms with E-state index in [0.29, 0.717) is 0 Å². The van der Waals surface area contributed by atoms with Gasteiger partial charge in [0.15, 0.2) is 0 Å². The number of H-pyrrole nitrogens is 1. The van der Waals surface area contributed by atoms with Gasteiger partial charge in [-0.05, 0) is 0 Å². The van der Waals surface area contributed by atoms with Crippen LogP contribution in [0.15, 0.2) is 27.8 Å². The number of aromatic amines is 1. The van der Waals surface area contributed by atoms with Gasteiger partial charge in [-0.1, -0.05) is 0 Å². The molecule has 1 rings (SSSR count). The van der Waals surface area contributed by atoms with Crippen molar-refractivity contribution in [1.82, 2.24) is 7.76 Å². The molecule has 0 aromatic carbocycles. The Kier molecular flexibility index (Phi) is 2.10. The van der Waals surface area contributed by atoms with Crippen LogP contribution in [0.4, 0.5) is 0 Å². The van der Waals surface area contributed by atoms with Crippen LogP contribution in [-0.4, -0.2) is 7.76 Å². The van der Waals surface area contributed by atoms with Gasteiger partial charge in [-0.2, -0.15) is 0 Å². The molecule has 50 valence electrons. The van der Waals surface area contributed by atoms with Crippen LogP contribution in [0.25, 0.3) is 0 Å². The topological polar surface area (TPSA) is 37.8 Å². The van der Waals surface area contributed by atoms with Gasteiger partial charge in [-0.25, -0.2) is 0 Å². The van der Waals surface area contributed by atoms with Crippen LogP contribution in [0, 0.1) is 0 Å². The van der Waals surface area contributed by atoms with Crippen LogP contribution in [-0.2, 0) is 0 Å².